The van der Waals surface area contributed by atoms with Crippen molar-refractivity contribution in [3.05, 3.63) is 78.1 Å². The molecule has 1 atom stereocenters. The van der Waals surface area contributed by atoms with Crippen molar-refractivity contribution in [1.29, 1.82) is 0 Å². The number of hydrogen-bond donors (Lipinski definition) is 2. The van der Waals surface area contributed by atoms with Gasteiger partial charge in [-0.2, -0.15) is 4.98 Å². The van der Waals surface area contributed by atoms with E-state index in [1.165, 1.54) is 0 Å². The molecule has 3 amide bonds. The van der Waals surface area contributed by atoms with E-state index in [2.05, 4.69) is 50.3 Å². The van der Waals surface area contributed by atoms with Gasteiger partial charge in [0.2, 0.25) is 11.7 Å². The van der Waals surface area contributed by atoms with Crippen LogP contribution in [0, 0.1) is 0 Å². The van der Waals surface area contributed by atoms with Gasteiger partial charge in [-0.1, -0.05) is 24.8 Å². The predicted octanol–water partition coefficient (Wildman–Crippen LogP) is 2.55. The number of nitrogens with zero attached hydrogens (tertiary/aromatic N) is 6. The van der Waals surface area contributed by atoms with Crippen LogP contribution in [0.15, 0.2) is 67.0 Å². The lowest BCUT2D eigenvalue weighted by molar-refractivity contribution is -0.125. The minimum absolute atomic E-state index is 0.287. The van der Waals surface area contributed by atoms with E-state index >= 15 is 0 Å². The van der Waals surface area contributed by atoms with Crippen LogP contribution in [0.2, 0.25) is 0 Å². The zero-order valence-electron chi connectivity index (χ0n) is 28.0. The minimum Gasteiger partial charge on any atom is -0.382 e. The summed E-state index contributed by atoms with van der Waals surface area (Å²) >= 11 is 0. The lowest BCUT2D eigenvalue weighted by Gasteiger charge is -2.35. The second-order valence-corrected chi connectivity index (χ2v) is 12.5. The fourth-order valence-corrected chi connectivity index (χ4v) is 6.65. The first-order chi connectivity index (χ1) is 24.5. The fraction of sp³-hybridized carbons (Fsp3) is 0.417. The Hall–Kier alpha value is -4.89. The number of anilines is 2. The van der Waals surface area contributed by atoms with Gasteiger partial charge in [-0.3, -0.25) is 28.6 Å². The van der Waals surface area contributed by atoms with Gasteiger partial charge in [-0.15, -0.1) is 0 Å². The molecule has 2 N–H and O–H groups in total. The first-order valence-corrected chi connectivity index (χ1v) is 17.2. The number of amides is 3. The molecule has 3 aliphatic heterocycles. The van der Waals surface area contributed by atoms with Crippen molar-refractivity contribution in [2.45, 2.75) is 18.9 Å². The SMILES string of the molecule is C=C1CCC(N2C(=O)c3cccc(NCCOCCOCCOCCN4CCN(c5ccn6c(n5)nc5ccccc56)CC4)c3C2=O)C(=O)N1. The van der Waals surface area contributed by atoms with Gasteiger partial charge >= 0.3 is 0 Å². The van der Waals surface area contributed by atoms with Gasteiger partial charge in [0.1, 0.15) is 11.9 Å². The molecule has 5 heterocycles. The third-order valence-electron chi connectivity index (χ3n) is 9.30. The molecule has 0 radical (unpaired) electrons. The number of ether oxygens (including phenoxy) is 3. The summed E-state index contributed by atoms with van der Waals surface area (Å²) in [5.74, 6) is 0.380. The summed E-state index contributed by atoms with van der Waals surface area (Å²) in [5.41, 5.74) is 3.73. The van der Waals surface area contributed by atoms with Crippen molar-refractivity contribution in [3.63, 3.8) is 0 Å². The Balaban J connectivity index is 0.732. The Labute approximate surface area is 290 Å². The molecule has 7 rings (SSSR count). The molecular formula is C36H42N8O6. The molecule has 50 heavy (non-hydrogen) atoms. The van der Waals surface area contributed by atoms with Crippen LogP contribution in [0.3, 0.4) is 0 Å². The van der Waals surface area contributed by atoms with E-state index in [9.17, 15) is 14.4 Å². The maximum Gasteiger partial charge on any atom is 0.264 e. The summed E-state index contributed by atoms with van der Waals surface area (Å²) in [6.07, 6.45) is 2.93. The third-order valence-corrected chi connectivity index (χ3v) is 9.30. The summed E-state index contributed by atoms with van der Waals surface area (Å²) in [6, 6.07) is 14.4. The molecule has 2 aromatic carbocycles. The van der Waals surface area contributed by atoms with Crippen LogP contribution in [-0.2, 0) is 19.0 Å². The molecule has 1 unspecified atom stereocenters. The fourth-order valence-electron chi connectivity index (χ4n) is 6.65. The number of nitrogens with one attached hydrogen (secondary N) is 2. The van der Waals surface area contributed by atoms with Crippen LogP contribution < -0.4 is 15.5 Å². The van der Waals surface area contributed by atoms with Crippen molar-refractivity contribution in [3.8, 4) is 0 Å². The Morgan fingerprint density at radius 3 is 2.40 bits per heavy atom. The maximum atomic E-state index is 13.2. The largest absolute Gasteiger partial charge is 0.382 e. The van der Waals surface area contributed by atoms with Gasteiger partial charge in [0.25, 0.3) is 11.8 Å². The Kier molecular flexibility index (Phi) is 10.3. The summed E-state index contributed by atoms with van der Waals surface area (Å²) in [5, 5.41) is 5.85. The highest BCUT2D eigenvalue weighted by atomic mass is 16.5. The summed E-state index contributed by atoms with van der Waals surface area (Å²) in [6.45, 7) is 11.7. The van der Waals surface area contributed by atoms with E-state index in [4.69, 9.17) is 19.2 Å². The molecule has 0 spiro atoms. The smallest absolute Gasteiger partial charge is 0.264 e. The second-order valence-electron chi connectivity index (χ2n) is 12.5. The monoisotopic (exact) mass is 682 g/mol. The normalized spacial score (nSPS) is 18.4. The van der Waals surface area contributed by atoms with Crippen LogP contribution in [0.1, 0.15) is 33.6 Å². The van der Waals surface area contributed by atoms with E-state index in [0.717, 1.165) is 60.3 Å². The van der Waals surface area contributed by atoms with Crippen molar-refractivity contribution in [1.82, 2.24) is 29.5 Å². The second kappa shape index (κ2) is 15.3. The number of hydrogen-bond acceptors (Lipinski definition) is 11. The molecule has 0 saturated carbocycles. The minimum atomic E-state index is -0.841. The average molecular weight is 683 g/mol. The van der Waals surface area contributed by atoms with Crippen molar-refractivity contribution < 1.29 is 28.6 Å². The van der Waals surface area contributed by atoms with Gasteiger partial charge in [0, 0.05) is 56.8 Å². The van der Waals surface area contributed by atoms with Crippen molar-refractivity contribution in [2.75, 3.05) is 89.1 Å². The van der Waals surface area contributed by atoms with E-state index in [1.807, 2.05) is 22.6 Å². The molecule has 14 heteroatoms. The van der Waals surface area contributed by atoms with Crippen LogP contribution in [0.25, 0.3) is 16.8 Å². The number of carbonyl (C=O) groups is 3. The zero-order chi connectivity index (χ0) is 34.5. The van der Waals surface area contributed by atoms with E-state index in [1.54, 1.807) is 18.2 Å². The highest BCUT2D eigenvalue weighted by Gasteiger charge is 2.45. The number of para-hydroxylation sites is 2. The third kappa shape index (κ3) is 7.19. The quantitative estimate of drug-likeness (QED) is 0.141. The highest BCUT2D eigenvalue weighted by molar-refractivity contribution is 6.25. The topological polar surface area (TPSA) is 143 Å². The number of fused-ring (bicyclic) bond motifs is 4. The highest BCUT2D eigenvalue weighted by Crippen LogP contribution is 2.32. The lowest BCUT2D eigenvalue weighted by atomic mass is 10.0. The molecule has 3 aliphatic rings. The molecule has 0 aliphatic carbocycles. The van der Waals surface area contributed by atoms with Crippen LogP contribution in [0.5, 0.6) is 0 Å². The van der Waals surface area contributed by atoms with Crippen LogP contribution in [-0.4, -0.2) is 127 Å². The summed E-state index contributed by atoms with van der Waals surface area (Å²) < 4.78 is 19.1. The number of rotatable bonds is 15. The number of carbonyl (C=O) groups excluding carboxylic acids is 3. The van der Waals surface area contributed by atoms with Gasteiger partial charge in [-0.05, 0) is 43.2 Å². The number of imide groups is 1. The Morgan fingerprint density at radius 2 is 1.60 bits per heavy atom. The Morgan fingerprint density at radius 1 is 0.840 bits per heavy atom. The summed E-state index contributed by atoms with van der Waals surface area (Å²) in [7, 11) is 0. The average Bonchev–Trinajstić information content (AvgIpc) is 3.63. The Bertz CT molecular complexity index is 1890. The molecule has 2 aromatic heterocycles. The number of benzene rings is 2. The molecule has 4 aromatic rings. The van der Waals surface area contributed by atoms with Gasteiger partial charge in [-0.25, -0.2) is 4.98 Å². The summed E-state index contributed by atoms with van der Waals surface area (Å²) in [4.78, 5) is 54.0. The van der Waals surface area contributed by atoms with E-state index in [0.29, 0.717) is 76.0 Å². The number of aromatic nitrogens is 3. The first-order valence-electron chi connectivity index (χ1n) is 17.2. The molecule has 0 bridgehead atoms. The maximum absolute atomic E-state index is 13.2. The molecule has 2 saturated heterocycles. The molecule has 262 valence electrons. The van der Waals surface area contributed by atoms with Crippen molar-refractivity contribution in [2.24, 2.45) is 0 Å². The molecule has 14 nitrogen and oxygen atoms in total. The van der Waals surface area contributed by atoms with Gasteiger partial charge in [0.15, 0.2) is 0 Å². The molecule has 2 fully saturated rings. The number of imidazole rings is 1. The van der Waals surface area contributed by atoms with Crippen LogP contribution in [0.4, 0.5) is 11.5 Å². The number of piperidine rings is 1. The standard InChI is InChI=1S/C36H42N8O6/c1-25-9-10-30(33(45)38-25)44-34(46)26-5-4-7-28(32(26)35(44)47)37-12-19-48-21-23-50-24-22-49-20-18-41-14-16-42(17-15-41)31-11-13-43-29-8-3-2-6-27(29)39-36(43)40-31/h2-8,11,13,30,37H,1,9-10,12,14-24H2,(H,38,45). The van der Waals surface area contributed by atoms with Gasteiger partial charge < -0.3 is 29.7 Å². The van der Waals surface area contributed by atoms with E-state index in [-0.39, 0.29) is 11.5 Å². The van der Waals surface area contributed by atoms with Crippen LogP contribution >= 0.6 is 0 Å². The first kappa shape index (κ1) is 33.6. The lowest BCUT2D eigenvalue weighted by Crippen LogP contribution is -2.51. The molecular weight excluding hydrogens is 640 g/mol. The van der Waals surface area contributed by atoms with E-state index < -0.39 is 17.9 Å². The van der Waals surface area contributed by atoms with Crippen molar-refractivity contribution >= 4 is 46.0 Å². The number of allylic oxidation sites excluding steroid dienone is 1. The zero-order valence-corrected chi connectivity index (χ0v) is 28.0. The van der Waals surface area contributed by atoms with Gasteiger partial charge in [0.05, 0.1) is 61.8 Å². The number of piperazine rings is 1. The predicted molar refractivity (Wildman–Crippen MR) is 187 cm³/mol.